The van der Waals surface area contributed by atoms with E-state index in [2.05, 4.69) is 6.92 Å². The van der Waals surface area contributed by atoms with E-state index in [1.165, 1.54) is 0 Å². The smallest absolute Gasteiger partial charge is 0.257 e. The molecular formula is C18H23N3O2. The molecule has 122 valence electrons. The molecule has 5 nitrogen and oxygen atoms in total. The molecule has 1 aliphatic heterocycles. The standard InChI is InChI=1S/C18H23N3O2/c1-3-15-17(18(22)20-10-12-23-13-11-20)16(4-2)21(19-15)14-8-6-5-7-9-14/h5-9H,3-4,10-13H2,1-2H3. The van der Waals surface area contributed by atoms with Crippen molar-refractivity contribution < 1.29 is 9.53 Å². The van der Waals surface area contributed by atoms with Crippen molar-refractivity contribution in [3.05, 3.63) is 47.3 Å². The Labute approximate surface area is 136 Å². The highest BCUT2D eigenvalue weighted by Crippen LogP contribution is 2.22. The lowest BCUT2D eigenvalue weighted by Crippen LogP contribution is -2.41. The molecule has 3 rings (SSSR count). The molecule has 1 fully saturated rings. The molecule has 0 unspecified atom stereocenters. The van der Waals surface area contributed by atoms with Gasteiger partial charge in [0.1, 0.15) is 0 Å². The number of carbonyl (C=O) groups excluding carboxylic acids is 1. The molecular weight excluding hydrogens is 290 g/mol. The van der Waals surface area contributed by atoms with Gasteiger partial charge in [-0.05, 0) is 25.0 Å². The molecule has 0 saturated carbocycles. The molecule has 0 bridgehead atoms. The van der Waals surface area contributed by atoms with Crippen LogP contribution in [-0.4, -0.2) is 46.9 Å². The van der Waals surface area contributed by atoms with Crippen LogP contribution in [0.3, 0.4) is 0 Å². The van der Waals surface area contributed by atoms with Gasteiger partial charge in [0, 0.05) is 13.1 Å². The number of hydrogen-bond acceptors (Lipinski definition) is 3. The first-order chi connectivity index (χ1) is 11.3. The number of rotatable bonds is 4. The van der Waals surface area contributed by atoms with Crippen LogP contribution in [0.5, 0.6) is 0 Å². The van der Waals surface area contributed by atoms with Gasteiger partial charge in [-0.25, -0.2) is 4.68 Å². The first-order valence-electron chi connectivity index (χ1n) is 8.29. The third-order valence-corrected chi connectivity index (χ3v) is 4.24. The third-order valence-electron chi connectivity index (χ3n) is 4.24. The van der Waals surface area contributed by atoms with Crippen LogP contribution in [0.15, 0.2) is 30.3 Å². The summed E-state index contributed by atoms with van der Waals surface area (Å²) in [6, 6.07) is 10.0. The van der Waals surface area contributed by atoms with Crippen molar-refractivity contribution in [2.45, 2.75) is 26.7 Å². The van der Waals surface area contributed by atoms with Crippen LogP contribution >= 0.6 is 0 Å². The molecule has 5 heteroatoms. The van der Waals surface area contributed by atoms with Gasteiger partial charge >= 0.3 is 0 Å². The number of carbonyl (C=O) groups is 1. The monoisotopic (exact) mass is 313 g/mol. The molecule has 23 heavy (non-hydrogen) atoms. The normalized spacial score (nSPS) is 15.0. The van der Waals surface area contributed by atoms with Gasteiger partial charge in [0.05, 0.1) is 35.9 Å². The van der Waals surface area contributed by atoms with Gasteiger partial charge in [0.15, 0.2) is 0 Å². The number of hydrogen-bond donors (Lipinski definition) is 0. The van der Waals surface area contributed by atoms with Crippen molar-refractivity contribution in [3.63, 3.8) is 0 Å². The predicted molar refractivity (Wildman–Crippen MR) is 89.0 cm³/mol. The Morgan fingerprint density at radius 3 is 2.43 bits per heavy atom. The number of nitrogens with zero attached hydrogens (tertiary/aromatic N) is 3. The highest BCUT2D eigenvalue weighted by Gasteiger charge is 2.27. The SMILES string of the molecule is CCc1nn(-c2ccccc2)c(CC)c1C(=O)N1CCOCC1. The van der Waals surface area contributed by atoms with Gasteiger partial charge in [-0.1, -0.05) is 32.0 Å². The van der Waals surface area contributed by atoms with Gasteiger partial charge in [0.2, 0.25) is 0 Å². The largest absolute Gasteiger partial charge is 0.378 e. The van der Waals surface area contributed by atoms with Crippen LogP contribution < -0.4 is 0 Å². The zero-order chi connectivity index (χ0) is 16.2. The summed E-state index contributed by atoms with van der Waals surface area (Å²) in [5.74, 6) is 0.0872. The first kappa shape index (κ1) is 15.7. The van der Waals surface area contributed by atoms with Crippen molar-refractivity contribution in [2.24, 2.45) is 0 Å². The molecule has 1 aliphatic rings. The van der Waals surface area contributed by atoms with Gasteiger partial charge in [0.25, 0.3) is 5.91 Å². The van der Waals surface area contributed by atoms with E-state index >= 15 is 0 Å². The molecule has 2 aromatic rings. The van der Waals surface area contributed by atoms with Crippen molar-refractivity contribution in [2.75, 3.05) is 26.3 Å². The molecule has 0 radical (unpaired) electrons. The highest BCUT2D eigenvalue weighted by atomic mass is 16.5. The minimum atomic E-state index is 0.0872. The lowest BCUT2D eigenvalue weighted by Gasteiger charge is -2.27. The minimum absolute atomic E-state index is 0.0872. The zero-order valence-corrected chi connectivity index (χ0v) is 13.8. The number of aromatic nitrogens is 2. The van der Waals surface area contributed by atoms with Crippen LogP contribution in [0.2, 0.25) is 0 Å². The molecule has 1 amide bonds. The second kappa shape index (κ2) is 6.96. The van der Waals surface area contributed by atoms with Crippen LogP contribution in [-0.2, 0) is 17.6 Å². The highest BCUT2D eigenvalue weighted by molar-refractivity contribution is 5.96. The van der Waals surface area contributed by atoms with Crippen molar-refractivity contribution in [1.82, 2.24) is 14.7 Å². The Bertz CT molecular complexity index is 673. The maximum Gasteiger partial charge on any atom is 0.257 e. The Kier molecular flexibility index (Phi) is 4.76. The van der Waals surface area contributed by atoms with Crippen LogP contribution in [0.25, 0.3) is 5.69 Å². The number of ether oxygens (including phenoxy) is 1. The quantitative estimate of drug-likeness (QED) is 0.871. The van der Waals surface area contributed by atoms with E-state index in [1.807, 2.05) is 46.8 Å². The van der Waals surface area contributed by atoms with E-state index in [0.29, 0.717) is 26.3 Å². The second-order valence-corrected chi connectivity index (χ2v) is 5.63. The van der Waals surface area contributed by atoms with Crippen molar-refractivity contribution in [1.29, 1.82) is 0 Å². The summed E-state index contributed by atoms with van der Waals surface area (Å²) in [5.41, 5.74) is 3.65. The van der Waals surface area contributed by atoms with E-state index in [0.717, 1.165) is 35.5 Å². The topological polar surface area (TPSA) is 47.4 Å². The lowest BCUT2D eigenvalue weighted by molar-refractivity contribution is 0.0301. The first-order valence-corrected chi connectivity index (χ1v) is 8.29. The summed E-state index contributed by atoms with van der Waals surface area (Å²) in [5, 5.41) is 4.72. The minimum Gasteiger partial charge on any atom is -0.378 e. The van der Waals surface area contributed by atoms with Crippen LogP contribution in [0.1, 0.15) is 35.6 Å². The molecule has 1 aromatic carbocycles. The molecule has 1 saturated heterocycles. The van der Waals surface area contributed by atoms with Gasteiger partial charge in [-0.2, -0.15) is 5.10 Å². The van der Waals surface area contributed by atoms with Crippen molar-refractivity contribution >= 4 is 5.91 Å². The molecule has 0 N–H and O–H groups in total. The number of para-hydroxylation sites is 1. The predicted octanol–water partition coefficient (Wildman–Crippen LogP) is 2.47. The summed E-state index contributed by atoms with van der Waals surface area (Å²) in [6.07, 6.45) is 1.52. The maximum atomic E-state index is 13.0. The fourth-order valence-corrected chi connectivity index (χ4v) is 3.03. The third kappa shape index (κ3) is 3.01. The van der Waals surface area contributed by atoms with E-state index < -0.39 is 0 Å². The number of amides is 1. The Balaban J connectivity index is 2.05. The summed E-state index contributed by atoms with van der Waals surface area (Å²) >= 11 is 0. The molecule has 0 atom stereocenters. The Morgan fingerprint density at radius 2 is 1.83 bits per heavy atom. The Hall–Kier alpha value is -2.14. The van der Waals surface area contributed by atoms with Gasteiger partial charge < -0.3 is 9.64 Å². The van der Waals surface area contributed by atoms with Crippen molar-refractivity contribution in [3.8, 4) is 5.69 Å². The Morgan fingerprint density at radius 1 is 1.13 bits per heavy atom. The van der Waals surface area contributed by atoms with Crippen LogP contribution in [0, 0.1) is 0 Å². The molecule has 1 aromatic heterocycles. The zero-order valence-electron chi connectivity index (χ0n) is 13.8. The lowest BCUT2D eigenvalue weighted by atomic mass is 10.1. The summed E-state index contributed by atoms with van der Waals surface area (Å²) in [6.45, 7) is 6.66. The van der Waals surface area contributed by atoms with E-state index in [-0.39, 0.29) is 5.91 Å². The molecule has 0 spiro atoms. The van der Waals surface area contributed by atoms with E-state index in [1.54, 1.807) is 0 Å². The molecule has 2 heterocycles. The van der Waals surface area contributed by atoms with E-state index in [9.17, 15) is 4.79 Å². The summed E-state index contributed by atoms with van der Waals surface area (Å²) < 4.78 is 7.28. The molecule has 0 aliphatic carbocycles. The fraction of sp³-hybridized carbons (Fsp3) is 0.444. The second-order valence-electron chi connectivity index (χ2n) is 5.63. The number of aryl methyl sites for hydroxylation is 1. The number of benzene rings is 1. The van der Waals surface area contributed by atoms with Gasteiger partial charge in [-0.15, -0.1) is 0 Å². The average Bonchev–Trinajstić information content (AvgIpc) is 3.01. The summed E-state index contributed by atoms with van der Waals surface area (Å²) in [7, 11) is 0. The average molecular weight is 313 g/mol. The summed E-state index contributed by atoms with van der Waals surface area (Å²) in [4.78, 5) is 14.9. The van der Waals surface area contributed by atoms with Crippen LogP contribution in [0.4, 0.5) is 0 Å². The fourth-order valence-electron chi connectivity index (χ4n) is 3.03. The van der Waals surface area contributed by atoms with Gasteiger partial charge in [-0.3, -0.25) is 4.79 Å². The maximum absolute atomic E-state index is 13.0. The van der Waals surface area contributed by atoms with E-state index in [4.69, 9.17) is 9.84 Å². The number of morpholine rings is 1.